The highest BCUT2D eigenvalue weighted by Gasteiger charge is 2.31. The van der Waals surface area contributed by atoms with Gasteiger partial charge in [-0.25, -0.2) is 17.9 Å². The second-order valence-corrected chi connectivity index (χ2v) is 7.79. The van der Waals surface area contributed by atoms with Crippen molar-refractivity contribution < 1.29 is 23.1 Å². The predicted octanol–water partition coefficient (Wildman–Crippen LogP) is 1.99. The summed E-state index contributed by atoms with van der Waals surface area (Å²) in [5.41, 5.74) is -0.598. The smallest absolute Gasteiger partial charge is 0.336 e. The molecule has 0 aliphatic carbocycles. The Morgan fingerprint density at radius 1 is 1.52 bits per heavy atom. The van der Waals surface area contributed by atoms with Crippen LogP contribution in [-0.4, -0.2) is 38.2 Å². The zero-order chi connectivity index (χ0) is 15.7. The van der Waals surface area contributed by atoms with E-state index in [1.807, 2.05) is 6.92 Å². The zero-order valence-corrected chi connectivity index (χ0v) is 13.8. The summed E-state index contributed by atoms with van der Waals surface area (Å²) in [6, 6.07) is 3.90. The highest BCUT2D eigenvalue weighted by molar-refractivity contribution is 9.10. The van der Waals surface area contributed by atoms with Gasteiger partial charge in [0.05, 0.1) is 16.1 Å². The SMILES string of the molecule is CC1(CNS(=O)(=O)c2ccc(Br)c(C(=O)O)c2)CCCO1. The molecule has 1 aliphatic heterocycles. The van der Waals surface area contributed by atoms with Crippen molar-refractivity contribution >= 4 is 31.9 Å². The van der Waals surface area contributed by atoms with Gasteiger partial charge in [0.15, 0.2) is 0 Å². The summed E-state index contributed by atoms with van der Waals surface area (Å²) in [6.45, 7) is 2.64. The molecular weight excluding hydrogens is 362 g/mol. The largest absolute Gasteiger partial charge is 0.478 e. The number of carboxylic acid groups (broad SMARTS) is 1. The summed E-state index contributed by atoms with van der Waals surface area (Å²) in [4.78, 5) is 11.0. The van der Waals surface area contributed by atoms with Gasteiger partial charge in [0.2, 0.25) is 10.0 Å². The standard InChI is InChI=1S/C13H16BrNO5S/c1-13(5-2-6-20-13)8-15-21(18,19)9-3-4-11(14)10(7-9)12(16)17/h3-4,7,15H,2,5-6,8H2,1H3,(H,16,17). The van der Waals surface area contributed by atoms with Crippen LogP contribution in [0, 0.1) is 0 Å². The molecule has 2 rings (SSSR count). The number of aromatic carboxylic acids is 1. The van der Waals surface area contributed by atoms with Gasteiger partial charge < -0.3 is 9.84 Å². The molecule has 0 spiro atoms. The minimum atomic E-state index is -3.77. The molecule has 6 nitrogen and oxygen atoms in total. The number of carboxylic acids is 1. The van der Waals surface area contributed by atoms with Crippen molar-refractivity contribution in [2.24, 2.45) is 0 Å². The number of carbonyl (C=O) groups is 1. The average Bonchev–Trinajstić information content (AvgIpc) is 2.84. The number of ether oxygens (including phenoxy) is 1. The van der Waals surface area contributed by atoms with Crippen LogP contribution in [0.5, 0.6) is 0 Å². The Bertz CT molecular complexity index is 653. The number of rotatable bonds is 5. The summed E-state index contributed by atoms with van der Waals surface area (Å²) < 4.78 is 32.8. The van der Waals surface area contributed by atoms with Gasteiger partial charge in [-0.15, -0.1) is 0 Å². The lowest BCUT2D eigenvalue weighted by atomic mass is 10.0. The van der Waals surface area contributed by atoms with Crippen molar-refractivity contribution in [1.82, 2.24) is 4.72 Å². The molecule has 1 fully saturated rings. The first-order valence-corrected chi connectivity index (χ1v) is 8.68. The van der Waals surface area contributed by atoms with Crippen LogP contribution >= 0.6 is 15.9 Å². The number of sulfonamides is 1. The fourth-order valence-electron chi connectivity index (χ4n) is 2.14. The molecule has 1 saturated heterocycles. The van der Waals surface area contributed by atoms with Gasteiger partial charge in [0.25, 0.3) is 0 Å². The molecule has 0 aromatic heterocycles. The topological polar surface area (TPSA) is 92.7 Å². The molecule has 1 atom stereocenters. The van der Waals surface area contributed by atoms with Gasteiger partial charge in [-0.3, -0.25) is 0 Å². The Hall–Kier alpha value is -0.960. The van der Waals surface area contributed by atoms with E-state index in [1.165, 1.54) is 12.1 Å². The first kappa shape index (κ1) is 16.4. The highest BCUT2D eigenvalue weighted by Crippen LogP contribution is 2.25. The lowest BCUT2D eigenvalue weighted by Crippen LogP contribution is -2.40. The lowest BCUT2D eigenvalue weighted by Gasteiger charge is -2.23. The first-order valence-electron chi connectivity index (χ1n) is 6.40. The van der Waals surface area contributed by atoms with Crippen LogP contribution in [0.1, 0.15) is 30.1 Å². The molecule has 1 aromatic carbocycles. The predicted molar refractivity (Wildman–Crippen MR) is 79.9 cm³/mol. The summed E-state index contributed by atoms with van der Waals surface area (Å²) >= 11 is 3.08. The molecule has 0 bridgehead atoms. The van der Waals surface area contributed by atoms with Gasteiger partial charge in [-0.05, 0) is 53.9 Å². The van der Waals surface area contributed by atoms with Gasteiger partial charge in [-0.2, -0.15) is 0 Å². The van der Waals surface area contributed by atoms with Crippen LogP contribution in [0.15, 0.2) is 27.6 Å². The molecule has 0 radical (unpaired) electrons. The second kappa shape index (κ2) is 6.04. The molecule has 8 heteroatoms. The fourth-order valence-corrected chi connectivity index (χ4v) is 3.74. The number of halogens is 1. The van der Waals surface area contributed by atoms with Crippen LogP contribution < -0.4 is 4.72 Å². The van der Waals surface area contributed by atoms with Crippen molar-refractivity contribution in [3.05, 3.63) is 28.2 Å². The molecule has 1 aromatic rings. The summed E-state index contributed by atoms with van der Waals surface area (Å²) in [5.74, 6) is -1.19. The van der Waals surface area contributed by atoms with Crippen LogP contribution in [0.3, 0.4) is 0 Å². The third-order valence-corrected chi connectivity index (χ3v) is 5.51. The zero-order valence-electron chi connectivity index (χ0n) is 11.4. The Kier molecular flexibility index (Phi) is 4.72. The number of benzene rings is 1. The Morgan fingerprint density at radius 3 is 2.81 bits per heavy atom. The van der Waals surface area contributed by atoms with Gasteiger partial charge in [-0.1, -0.05) is 0 Å². The molecule has 1 aliphatic rings. The van der Waals surface area contributed by atoms with E-state index < -0.39 is 21.6 Å². The van der Waals surface area contributed by atoms with Crippen LogP contribution in [0.4, 0.5) is 0 Å². The van der Waals surface area contributed by atoms with Crippen LogP contribution in [0.25, 0.3) is 0 Å². The van der Waals surface area contributed by atoms with E-state index in [4.69, 9.17) is 9.84 Å². The highest BCUT2D eigenvalue weighted by atomic mass is 79.9. The molecule has 0 saturated carbocycles. The maximum atomic E-state index is 12.2. The average molecular weight is 378 g/mol. The van der Waals surface area contributed by atoms with Crippen molar-refractivity contribution in [3.8, 4) is 0 Å². The van der Waals surface area contributed by atoms with E-state index >= 15 is 0 Å². The van der Waals surface area contributed by atoms with E-state index in [0.717, 1.165) is 18.9 Å². The molecular formula is C13H16BrNO5S. The molecule has 116 valence electrons. The minimum absolute atomic E-state index is 0.0790. The molecule has 2 N–H and O–H groups in total. The minimum Gasteiger partial charge on any atom is -0.478 e. The first-order chi connectivity index (χ1) is 9.73. The normalized spacial score (nSPS) is 22.4. The van der Waals surface area contributed by atoms with E-state index in [9.17, 15) is 13.2 Å². The van der Waals surface area contributed by atoms with Gasteiger partial charge >= 0.3 is 5.97 Å². The number of hydrogen-bond acceptors (Lipinski definition) is 4. The Balaban J connectivity index is 2.19. The molecule has 1 heterocycles. The van der Waals surface area contributed by atoms with Crippen molar-refractivity contribution in [3.63, 3.8) is 0 Å². The van der Waals surface area contributed by atoms with Gasteiger partial charge in [0.1, 0.15) is 0 Å². The number of hydrogen-bond donors (Lipinski definition) is 2. The Morgan fingerprint density at radius 2 is 2.24 bits per heavy atom. The third kappa shape index (κ3) is 3.82. The van der Waals surface area contributed by atoms with Crippen molar-refractivity contribution in [2.75, 3.05) is 13.2 Å². The molecule has 0 amide bonds. The lowest BCUT2D eigenvalue weighted by molar-refractivity contribution is 0.0250. The van der Waals surface area contributed by atoms with E-state index in [1.54, 1.807) is 0 Å². The summed E-state index contributed by atoms with van der Waals surface area (Å²) in [5, 5.41) is 9.03. The monoisotopic (exact) mass is 377 g/mol. The van der Waals surface area contributed by atoms with Gasteiger partial charge in [0, 0.05) is 17.6 Å². The van der Waals surface area contributed by atoms with E-state index in [0.29, 0.717) is 11.1 Å². The summed E-state index contributed by atoms with van der Waals surface area (Å²) in [6.07, 6.45) is 1.69. The van der Waals surface area contributed by atoms with Crippen molar-refractivity contribution in [1.29, 1.82) is 0 Å². The second-order valence-electron chi connectivity index (χ2n) is 5.17. The maximum absolute atomic E-state index is 12.2. The van der Waals surface area contributed by atoms with Crippen molar-refractivity contribution in [2.45, 2.75) is 30.3 Å². The molecule has 21 heavy (non-hydrogen) atoms. The van der Waals surface area contributed by atoms with Crippen LogP contribution in [0.2, 0.25) is 0 Å². The summed E-state index contributed by atoms with van der Waals surface area (Å²) in [7, 11) is -3.77. The third-order valence-electron chi connectivity index (χ3n) is 3.42. The maximum Gasteiger partial charge on any atom is 0.336 e. The quantitative estimate of drug-likeness (QED) is 0.818. The van der Waals surface area contributed by atoms with E-state index in [-0.39, 0.29) is 17.0 Å². The molecule has 1 unspecified atom stereocenters. The number of nitrogens with one attached hydrogen (secondary N) is 1. The van der Waals surface area contributed by atoms with Crippen LogP contribution in [-0.2, 0) is 14.8 Å². The fraction of sp³-hybridized carbons (Fsp3) is 0.462. The van der Waals surface area contributed by atoms with E-state index in [2.05, 4.69) is 20.7 Å². The Labute approximate surface area is 131 Å².